The minimum absolute atomic E-state index is 0.0821. The second-order valence-electron chi connectivity index (χ2n) is 4.26. The number of anilines is 1. The van der Waals surface area contributed by atoms with Gasteiger partial charge in [-0.05, 0) is 19.1 Å². The first-order chi connectivity index (χ1) is 9.54. The molecule has 0 fully saturated rings. The molecular weight excluding hydrogens is 262 g/mol. The first-order valence-corrected chi connectivity index (χ1v) is 6.25. The van der Waals surface area contributed by atoms with Crippen LogP contribution in [0.25, 0.3) is 0 Å². The second-order valence-corrected chi connectivity index (χ2v) is 4.26. The molecular formula is C14H19NO5. The van der Waals surface area contributed by atoms with Gasteiger partial charge in [0.1, 0.15) is 0 Å². The summed E-state index contributed by atoms with van der Waals surface area (Å²) >= 11 is 0. The van der Waals surface area contributed by atoms with Crippen molar-refractivity contribution in [2.45, 2.75) is 13.3 Å². The molecule has 0 aromatic heterocycles. The molecule has 6 heteroatoms. The van der Waals surface area contributed by atoms with Crippen LogP contribution < -0.4 is 5.32 Å². The van der Waals surface area contributed by atoms with Gasteiger partial charge in [0.25, 0.3) is 0 Å². The predicted molar refractivity (Wildman–Crippen MR) is 74.1 cm³/mol. The van der Waals surface area contributed by atoms with Crippen molar-refractivity contribution in [2.24, 2.45) is 0 Å². The normalized spacial score (nSPS) is 10.3. The Bertz CT molecular complexity index is 473. The first-order valence-electron chi connectivity index (χ1n) is 6.25. The summed E-state index contributed by atoms with van der Waals surface area (Å²) in [6, 6.07) is 4.85. The molecule has 1 aromatic carbocycles. The maximum absolute atomic E-state index is 11.7. The molecule has 0 aliphatic rings. The van der Waals surface area contributed by atoms with Gasteiger partial charge >= 0.3 is 5.97 Å². The van der Waals surface area contributed by atoms with Crippen LogP contribution in [0.15, 0.2) is 18.2 Å². The number of rotatable bonds is 8. The number of hydrogen-bond donors (Lipinski definition) is 2. The largest absolute Gasteiger partial charge is 0.478 e. The van der Waals surface area contributed by atoms with Gasteiger partial charge in [-0.3, -0.25) is 4.79 Å². The topological polar surface area (TPSA) is 84.9 Å². The molecule has 6 nitrogen and oxygen atoms in total. The number of carboxylic acid groups (broad SMARTS) is 1. The van der Waals surface area contributed by atoms with Crippen LogP contribution in [0, 0.1) is 6.92 Å². The lowest BCUT2D eigenvalue weighted by Gasteiger charge is -2.09. The molecule has 1 rings (SSSR count). The van der Waals surface area contributed by atoms with Crippen LogP contribution >= 0.6 is 0 Å². The molecule has 0 saturated carbocycles. The second kappa shape index (κ2) is 8.29. The van der Waals surface area contributed by atoms with Crippen LogP contribution in [0.2, 0.25) is 0 Å². The van der Waals surface area contributed by atoms with Crippen LogP contribution in [0.1, 0.15) is 22.3 Å². The zero-order chi connectivity index (χ0) is 15.0. The standard InChI is InChI=1S/C14H19NO5/c1-10-3-4-12(11(9-10)14(17)18)15-13(16)5-6-20-8-7-19-2/h3-4,9H,5-8H2,1-2H3,(H,15,16)(H,17,18). The first kappa shape index (κ1) is 16.1. The highest BCUT2D eigenvalue weighted by molar-refractivity contribution is 6.00. The number of hydrogen-bond acceptors (Lipinski definition) is 4. The number of methoxy groups -OCH3 is 1. The summed E-state index contributed by atoms with van der Waals surface area (Å²) < 4.78 is 9.98. The van der Waals surface area contributed by atoms with E-state index in [9.17, 15) is 9.59 Å². The quantitative estimate of drug-likeness (QED) is 0.708. The lowest BCUT2D eigenvalue weighted by Crippen LogP contribution is -2.17. The maximum atomic E-state index is 11.7. The minimum Gasteiger partial charge on any atom is -0.478 e. The third-order valence-corrected chi connectivity index (χ3v) is 2.58. The molecule has 1 amide bonds. The lowest BCUT2D eigenvalue weighted by atomic mass is 10.1. The molecule has 0 spiro atoms. The van der Waals surface area contributed by atoms with E-state index in [4.69, 9.17) is 14.6 Å². The molecule has 0 aliphatic carbocycles. The molecule has 0 aliphatic heterocycles. The molecule has 110 valence electrons. The van der Waals surface area contributed by atoms with Crippen molar-refractivity contribution in [3.05, 3.63) is 29.3 Å². The van der Waals surface area contributed by atoms with Gasteiger partial charge in [0.2, 0.25) is 5.91 Å². The van der Waals surface area contributed by atoms with E-state index in [1.807, 2.05) is 0 Å². The highest BCUT2D eigenvalue weighted by Gasteiger charge is 2.12. The number of amides is 1. The van der Waals surface area contributed by atoms with Gasteiger partial charge in [-0.1, -0.05) is 11.6 Å². The van der Waals surface area contributed by atoms with Gasteiger partial charge in [0.15, 0.2) is 0 Å². The summed E-state index contributed by atoms with van der Waals surface area (Å²) in [4.78, 5) is 22.8. The zero-order valence-corrected chi connectivity index (χ0v) is 11.6. The Hall–Kier alpha value is -1.92. The van der Waals surface area contributed by atoms with Crippen molar-refractivity contribution in [1.82, 2.24) is 0 Å². The van der Waals surface area contributed by atoms with E-state index in [-0.39, 0.29) is 24.5 Å². The van der Waals surface area contributed by atoms with Gasteiger partial charge in [0.05, 0.1) is 37.5 Å². The number of carboxylic acids is 1. The smallest absolute Gasteiger partial charge is 0.337 e. The Labute approximate surface area is 117 Å². The average molecular weight is 281 g/mol. The Morgan fingerprint density at radius 3 is 2.65 bits per heavy atom. The highest BCUT2D eigenvalue weighted by Crippen LogP contribution is 2.17. The Morgan fingerprint density at radius 2 is 2.00 bits per heavy atom. The number of nitrogens with one attached hydrogen (secondary N) is 1. The number of aryl methyl sites for hydroxylation is 1. The van der Waals surface area contributed by atoms with E-state index in [0.717, 1.165) is 5.56 Å². The third-order valence-electron chi connectivity index (χ3n) is 2.58. The molecule has 2 N–H and O–H groups in total. The van der Waals surface area contributed by atoms with Crippen molar-refractivity contribution in [3.8, 4) is 0 Å². The third kappa shape index (κ3) is 5.38. The SMILES string of the molecule is COCCOCCC(=O)Nc1ccc(C)cc1C(=O)O. The maximum Gasteiger partial charge on any atom is 0.337 e. The molecule has 0 atom stereocenters. The molecule has 0 unspecified atom stereocenters. The van der Waals surface area contributed by atoms with Crippen LogP contribution in [0.5, 0.6) is 0 Å². The summed E-state index contributed by atoms with van der Waals surface area (Å²) in [5.41, 5.74) is 1.20. The van der Waals surface area contributed by atoms with E-state index in [1.165, 1.54) is 6.07 Å². The van der Waals surface area contributed by atoms with Gasteiger partial charge < -0.3 is 19.9 Å². The van der Waals surface area contributed by atoms with E-state index >= 15 is 0 Å². The Morgan fingerprint density at radius 1 is 1.25 bits per heavy atom. The lowest BCUT2D eigenvalue weighted by molar-refractivity contribution is -0.117. The fourth-order valence-electron chi connectivity index (χ4n) is 1.57. The monoisotopic (exact) mass is 281 g/mol. The zero-order valence-electron chi connectivity index (χ0n) is 11.6. The summed E-state index contributed by atoms with van der Waals surface area (Å²) in [6.45, 7) is 2.96. The molecule has 0 bridgehead atoms. The number of carbonyl (C=O) groups excluding carboxylic acids is 1. The number of benzene rings is 1. The van der Waals surface area contributed by atoms with E-state index in [2.05, 4.69) is 5.32 Å². The van der Waals surface area contributed by atoms with Crippen LogP contribution in [0.4, 0.5) is 5.69 Å². The average Bonchev–Trinajstić information content (AvgIpc) is 2.40. The fraction of sp³-hybridized carbons (Fsp3) is 0.429. The van der Waals surface area contributed by atoms with Crippen LogP contribution in [-0.2, 0) is 14.3 Å². The van der Waals surface area contributed by atoms with Gasteiger partial charge in [-0.15, -0.1) is 0 Å². The number of carbonyl (C=O) groups is 2. The summed E-state index contributed by atoms with van der Waals surface area (Å²) in [5, 5.41) is 11.7. The fourth-order valence-corrected chi connectivity index (χ4v) is 1.57. The molecule has 0 heterocycles. The molecule has 1 aromatic rings. The van der Waals surface area contributed by atoms with E-state index in [1.54, 1.807) is 26.2 Å². The minimum atomic E-state index is -1.07. The van der Waals surface area contributed by atoms with Crippen molar-refractivity contribution >= 4 is 17.6 Å². The molecule has 0 saturated heterocycles. The van der Waals surface area contributed by atoms with Crippen LogP contribution in [0.3, 0.4) is 0 Å². The highest BCUT2D eigenvalue weighted by atomic mass is 16.5. The van der Waals surface area contributed by atoms with Gasteiger partial charge in [-0.2, -0.15) is 0 Å². The summed E-state index contributed by atoms with van der Waals surface area (Å²) in [7, 11) is 1.57. The molecule has 20 heavy (non-hydrogen) atoms. The Kier molecular flexibility index (Phi) is 6.69. The number of aromatic carboxylic acids is 1. The van der Waals surface area contributed by atoms with E-state index < -0.39 is 5.97 Å². The van der Waals surface area contributed by atoms with Crippen molar-refractivity contribution in [1.29, 1.82) is 0 Å². The van der Waals surface area contributed by atoms with Crippen LogP contribution in [-0.4, -0.2) is 43.9 Å². The summed E-state index contributed by atoms with van der Waals surface area (Å²) in [5.74, 6) is -1.35. The van der Waals surface area contributed by atoms with Crippen molar-refractivity contribution < 1.29 is 24.2 Å². The van der Waals surface area contributed by atoms with E-state index in [0.29, 0.717) is 18.9 Å². The van der Waals surface area contributed by atoms with Crippen molar-refractivity contribution in [2.75, 3.05) is 32.2 Å². The molecule has 0 radical (unpaired) electrons. The Balaban J connectivity index is 2.51. The van der Waals surface area contributed by atoms with Gasteiger partial charge in [-0.25, -0.2) is 4.79 Å². The number of ether oxygens (including phenoxy) is 2. The predicted octanol–water partition coefficient (Wildman–Crippen LogP) is 1.68. The summed E-state index contributed by atoms with van der Waals surface area (Å²) in [6.07, 6.45) is 0.163. The van der Waals surface area contributed by atoms with Crippen molar-refractivity contribution in [3.63, 3.8) is 0 Å². The van der Waals surface area contributed by atoms with Gasteiger partial charge in [0, 0.05) is 7.11 Å².